The van der Waals surface area contributed by atoms with E-state index in [0.29, 0.717) is 0 Å². The lowest BCUT2D eigenvalue weighted by Gasteiger charge is -1.77. The average Bonchev–Trinajstić information content (AvgIpc) is 1.75. The Bertz CT molecular complexity index is 19.2. The van der Waals surface area contributed by atoms with Crippen molar-refractivity contribution >= 4 is 11.9 Å². The Morgan fingerprint density at radius 3 is 2.00 bits per heavy atom. The third kappa shape index (κ3) is 22.5. The van der Waals surface area contributed by atoms with Crippen LogP contribution in [0, 0.1) is 0 Å². The van der Waals surface area contributed by atoms with Crippen molar-refractivity contribution in [2.24, 2.45) is 0 Å². The zero-order chi connectivity index (χ0) is 6.12. The molecule has 0 saturated heterocycles. The molecule has 0 spiro atoms. The van der Waals surface area contributed by atoms with Gasteiger partial charge in [0.2, 0.25) is 0 Å². The molecule has 0 bridgehead atoms. The fraction of sp³-hybridized carbons (Fsp3) is 1.00. The summed E-state index contributed by atoms with van der Waals surface area (Å²) in [6.45, 7) is 3.27. The highest BCUT2D eigenvalue weighted by Gasteiger charge is 1.71. The zero-order valence-corrected chi connectivity index (χ0v) is 5.37. The molecule has 0 aliphatic rings. The number of rotatable bonds is 2. The molecule has 0 saturated carbocycles. The minimum atomic E-state index is 1.09. The van der Waals surface area contributed by atoms with Crippen LogP contribution in [0.5, 0.6) is 0 Å². The highest BCUT2D eigenvalue weighted by molar-refractivity contribution is 6.02. The first kappa shape index (κ1) is 10.2. The van der Waals surface area contributed by atoms with E-state index in [1.54, 1.807) is 0 Å². The van der Waals surface area contributed by atoms with E-state index in [2.05, 4.69) is 24.5 Å². The smallest absolute Gasteiger partial charge is 0.0739 e. The maximum atomic E-state index is 7.72. The fourth-order valence-electron chi connectivity index (χ4n) is 0.250. The molecule has 2 nitrogen and oxygen atoms in total. The topological polar surface area (TPSA) is 50.7 Å². The van der Waals surface area contributed by atoms with Gasteiger partial charge in [-0.1, -0.05) is 13.3 Å². The van der Waals surface area contributed by atoms with Gasteiger partial charge in [0.15, 0.2) is 0 Å². The maximum absolute atomic E-state index is 7.72. The van der Waals surface area contributed by atoms with Gasteiger partial charge in [-0.05, 0) is 6.42 Å². The molecule has 0 amide bonds. The van der Waals surface area contributed by atoms with E-state index < -0.39 is 0 Å². The van der Waals surface area contributed by atoms with Crippen molar-refractivity contribution in [1.29, 1.82) is 0 Å². The molecule has 0 radical (unpaired) electrons. The van der Waals surface area contributed by atoms with E-state index in [1.807, 2.05) is 0 Å². The van der Waals surface area contributed by atoms with Crippen LogP contribution in [0.15, 0.2) is 0 Å². The van der Waals surface area contributed by atoms with Gasteiger partial charge in [0, 0.05) is 0 Å². The number of hydrogen-bond acceptors (Lipinski definition) is 1. The Morgan fingerprint density at radius 1 is 1.57 bits per heavy atom. The van der Waals surface area contributed by atoms with Crippen molar-refractivity contribution in [2.45, 2.75) is 19.8 Å². The van der Waals surface area contributed by atoms with Crippen molar-refractivity contribution in [3.8, 4) is 0 Å². The zero-order valence-electron chi connectivity index (χ0n) is 4.61. The van der Waals surface area contributed by atoms with Crippen LogP contribution in [0.25, 0.3) is 0 Å². The lowest BCUT2D eigenvalue weighted by molar-refractivity contribution is -0.368. The summed E-state index contributed by atoms with van der Waals surface area (Å²) in [5.74, 6) is 0. The Labute approximate surface area is 49.4 Å². The molecular weight excluding hydrogens is 114 g/mol. The number of quaternary nitrogens is 1. The molecule has 0 aromatic heterocycles. The second-order valence-electron chi connectivity index (χ2n) is 1.21. The van der Waals surface area contributed by atoms with E-state index in [4.69, 9.17) is 4.66 Å². The molecule has 0 aliphatic carbocycles. The molecule has 0 aliphatic heterocycles. The van der Waals surface area contributed by atoms with E-state index in [1.165, 1.54) is 12.8 Å². The Balaban J connectivity index is 0. The molecule has 3 heteroatoms. The highest BCUT2D eigenvalue weighted by atomic mass is 35.5. The SMILES string of the molecule is CCCC[NH3+].[O-]Cl. The Kier molecular flexibility index (Phi) is 23.9. The lowest BCUT2D eigenvalue weighted by atomic mass is 10.3. The van der Waals surface area contributed by atoms with Crippen LogP contribution >= 0.6 is 11.9 Å². The van der Waals surface area contributed by atoms with Gasteiger partial charge in [-0.15, -0.1) is 0 Å². The summed E-state index contributed by atoms with van der Waals surface area (Å²) in [4.78, 5) is 0. The summed E-state index contributed by atoms with van der Waals surface area (Å²) < 4.78 is 7.72. The molecule has 0 aromatic rings. The van der Waals surface area contributed by atoms with Crippen LogP contribution in [0.4, 0.5) is 0 Å². The molecule has 46 valence electrons. The average molecular weight is 126 g/mol. The predicted molar refractivity (Wildman–Crippen MR) is 28.5 cm³/mol. The minimum absolute atomic E-state index is 1.09. The molecule has 7 heavy (non-hydrogen) atoms. The van der Waals surface area contributed by atoms with Crippen LogP contribution in [-0.2, 0) is 0 Å². The summed E-state index contributed by atoms with van der Waals surface area (Å²) in [5.41, 5.74) is 3.68. The van der Waals surface area contributed by atoms with Crippen LogP contribution in [0.2, 0.25) is 0 Å². The van der Waals surface area contributed by atoms with Gasteiger partial charge in [0.05, 0.1) is 6.54 Å². The van der Waals surface area contributed by atoms with Gasteiger partial charge in [-0.25, -0.2) is 11.9 Å². The van der Waals surface area contributed by atoms with Gasteiger partial charge in [-0.2, -0.15) is 0 Å². The third-order valence-electron chi connectivity index (χ3n) is 0.604. The van der Waals surface area contributed by atoms with Crippen molar-refractivity contribution in [3.63, 3.8) is 0 Å². The Morgan fingerprint density at radius 2 is 2.00 bits per heavy atom. The molecule has 0 unspecified atom stereocenters. The molecule has 0 atom stereocenters. The van der Waals surface area contributed by atoms with E-state index >= 15 is 0 Å². The molecule has 0 rings (SSSR count). The fourth-order valence-corrected chi connectivity index (χ4v) is 0.250. The van der Waals surface area contributed by atoms with Crippen LogP contribution in [0.3, 0.4) is 0 Å². The normalized spacial score (nSPS) is 6.86. The van der Waals surface area contributed by atoms with Crippen LogP contribution in [0.1, 0.15) is 19.8 Å². The second kappa shape index (κ2) is 16.4. The van der Waals surface area contributed by atoms with Gasteiger partial charge in [0.1, 0.15) is 0 Å². The van der Waals surface area contributed by atoms with Gasteiger partial charge >= 0.3 is 0 Å². The molecular formula is C4H12ClNO. The summed E-state index contributed by atoms with van der Waals surface area (Å²) in [6, 6.07) is 0. The Hall–Kier alpha value is 0.210. The van der Waals surface area contributed by atoms with E-state index in [0.717, 1.165) is 6.54 Å². The number of hydrogen-bond donors (Lipinski definition) is 1. The summed E-state index contributed by atoms with van der Waals surface area (Å²) in [6.07, 6.45) is 2.56. The van der Waals surface area contributed by atoms with E-state index in [-0.39, 0.29) is 0 Å². The first-order valence-electron chi connectivity index (χ1n) is 2.36. The first-order valence-corrected chi connectivity index (χ1v) is 2.67. The minimum Gasteiger partial charge on any atom is -0.769 e. The predicted octanol–water partition coefficient (Wildman–Crippen LogP) is -0.471. The van der Waals surface area contributed by atoms with Crippen molar-refractivity contribution in [1.82, 2.24) is 0 Å². The largest absolute Gasteiger partial charge is 0.769 e. The number of unbranched alkanes of at least 4 members (excludes halogenated alkanes) is 1. The first-order chi connectivity index (χ1) is 3.41. The highest BCUT2D eigenvalue weighted by Crippen LogP contribution is 1.75. The van der Waals surface area contributed by atoms with Crippen molar-refractivity contribution in [3.05, 3.63) is 0 Å². The maximum Gasteiger partial charge on any atom is 0.0739 e. The number of halogens is 1. The van der Waals surface area contributed by atoms with Gasteiger partial charge in [0.25, 0.3) is 0 Å². The third-order valence-corrected chi connectivity index (χ3v) is 0.604. The van der Waals surface area contributed by atoms with Crippen molar-refractivity contribution in [2.75, 3.05) is 6.54 Å². The quantitative estimate of drug-likeness (QED) is 0.533. The molecule has 0 fully saturated rings. The standard InChI is InChI=1S/C4H11N.ClO/c1-2-3-4-5;1-2/h2-5H2,1H3;/q;-1/p+1. The molecule has 3 N–H and O–H groups in total. The summed E-state index contributed by atoms with van der Waals surface area (Å²) in [7, 11) is 0. The van der Waals surface area contributed by atoms with Gasteiger partial charge < -0.3 is 10.4 Å². The second-order valence-corrected chi connectivity index (χ2v) is 1.21. The van der Waals surface area contributed by atoms with Crippen LogP contribution in [-0.4, -0.2) is 6.54 Å². The van der Waals surface area contributed by atoms with Gasteiger partial charge in [-0.3, -0.25) is 0 Å². The van der Waals surface area contributed by atoms with Crippen molar-refractivity contribution < 1.29 is 10.4 Å². The lowest BCUT2D eigenvalue weighted by Crippen LogP contribution is -2.49. The molecule has 0 aromatic carbocycles. The van der Waals surface area contributed by atoms with E-state index in [9.17, 15) is 0 Å². The molecule has 0 heterocycles. The van der Waals surface area contributed by atoms with Crippen LogP contribution < -0.4 is 10.4 Å². The summed E-state index contributed by atoms with van der Waals surface area (Å²) in [5, 5.41) is 0. The summed E-state index contributed by atoms with van der Waals surface area (Å²) >= 11 is 3.39. The monoisotopic (exact) mass is 125 g/mol.